The van der Waals surface area contributed by atoms with E-state index in [1.807, 2.05) is 20.0 Å². The van der Waals surface area contributed by atoms with Gasteiger partial charge in [0, 0.05) is 30.7 Å². The molecule has 1 heterocycles. The number of nitrogens with zero attached hydrogens (tertiary/aromatic N) is 2. The van der Waals surface area contributed by atoms with Crippen molar-refractivity contribution >= 4 is 33.2 Å². The highest BCUT2D eigenvalue weighted by Gasteiger charge is 2.28. The van der Waals surface area contributed by atoms with Crippen molar-refractivity contribution in [2.75, 3.05) is 18.4 Å². The normalized spacial score (nSPS) is 18.4. The number of hydrogen-bond acceptors (Lipinski definition) is 5. The van der Waals surface area contributed by atoms with Crippen molar-refractivity contribution in [1.82, 2.24) is 9.62 Å². The van der Waals surface area contributed by atoms with E-state index in [-0.39, 0.29) is 27.8 Å². The van der Waals surface area contributed by atoms with Gasteiger partial charge in [-0.1, -0.05) is 31.9 Å². The monoisotopic (exact) mass is 398 g/mol. The topological polar surface area (TPSA) is 102 Å². The summed E-state index contributed by atoms with van der Waals surface area (Å²) in [5.41, 5.74) is 0.382. The highest BCUT2D eigenvalue weighted by Crippen LogP contribution is 2.26. The van der Waals surface area contributed by atoms with E-state index >= 15 is 0 Å². The van der Waals surface area contributed by atoms with Crippen LogP contribution in [0.2, 0.25) is 5.02 Å². The van der Waals surface area contributed by atoms with Gasteiger partial charge >= 0.3 is 0 Å². The van der Waals surface area contributed by atoms with Crippen molar-refractivity contribution < 1.29 is 13.2 Å². The quantitative estimate of drug-likeness (QED) is 0.687. The molecule has 0 bridgehead atoms. The van der Waals surface area contributed by atoms with E-state index in [1.54, 1.807) is 6.07 Å². The number of benzene rings is 1. The molecule has 1 fully saturated rings. The zero-order valence-electron chi connectivity index (χ0n) is 14.8. The minimum Gasteiger partial charge on any atom is -0.326 e. The summed E-state index contributed by atoms with van der Waals surface area (Å²) in [7, 11) is -3.86. The summed E-state index contributed by atoms with van der Waals surface area (Å²) < 4.78 is 27.9. The summed E-state index contributed by atoms with van der Waals surface area (Å²) in [4.78, 5) is 13.6. The first-order valence-electron chi connectivity index (χ1n) is 8.54. The van der Waals surface area contributed by atoms with Crippen LogP contribution < -0.4 is 10.0 Å². The average molecular weight is 399 g/mol. The van der Waals surface area contributed by atoms with Gasteiger partial charge in [-0.15, -0.1) is 0 Å². The van der Waals surface area contributed by atoms with Gasteiger partial charge in [-0.3, -0.25) is 4.79 Å². The van der Waals surface area contributed by atoms with E-state index in [0.717, 1.165) is 12.8 Å². The Bertz CT molecular complexity index is 807. The molecule has 2 N–H and O–H groups in total. The fourth-order valence-corrected chi connectivity index (χ4v) is 4.63. The predicted octanol–water partition coefficient (Wildman–Crippen LogP) is 2.55. The smallest absolute Gasteiger partial charge is 0.242 e. The molecule has 1 aromatic carbocycles. The van der Waals surface area contributed by atoms with Crippen LogP contribution in [0.3, 0.4) is 0 Å². The Morgan fingerprint density at radius 2 is 2.23 bits per heavy atom. The van der Waals surface area contributed by atoms with Crippen LogP contribution in [-0.2, 0) is 14.8 Å². The third-order valence-corrected chi connectivity index (χ3v) is 6.31. The van der Waals surface area contributed by atoms with Gasteiger partial charge in [0.05, 0.1) is 5.02 Å². The zero-order valence-corrected chi connectivity index (χ0v) is 16.4. The van der Waals surface area contributed by atoms with Crippen LogP contribution in [0.25, 0.3) is 0 Å². The zero-order chi connectivity index (χ0) is 19.3. The minimum absolute atomic E-state index is 0.0761. The summed E-state index contributed by atoms with van der Waals surface area (Å²) in [6, 6.07) is 4.04. The van der Waals surface area contributed by atoms with Crippen molar-refractivity contribution in [3.63, 3.8) is 0 Å². The molecule has 0 radical (unpaired) electrons. The molecule has 1 aliphatic heterocycles. The molecular formula is C17H23ClN4O3S. The minimum atomic E-state index is -3.86. The fourth-order valence-electron chi connectivity index (χ4n) is 2.85. The van der Waals surface area contributed by atoms with E-state index in [0.29, 0.717) is 25.2 Å². The SMILES string of the molecule is CCCC(C)C(=O)Nc1ccc(Cl)c(S(=O)(=O)NC2CCN(C#N)C2)c1. The molecule has 7 nitrogen and oxygen atoms in total. The van der Waals surface area contributed by atoms with Crippen LogP contribution in [0.4, 0.5) is 5.69 Å². The number of carbonyl (C=O) groups excluding carboxylic acids is 1. The van der Waals surface area contributed by atoms with Crippen LogP contribution in [0.5, 0.6) is 0 Å². The molecule has 142 valence electrons. The lowest BCUT2D eigenvalue weighted by molar-refractivity contribution is -0.119. The molecule has 1 aromatic rings. The van der Waals surface area contributed by atoms with E-state index in [4.69, 9.17) is 16.9 Å². The molecule has 2 atom stereocenters. The molecule has 0 aromatic heterocycles. The summed E-state index contributed by atoms with van der Waals surface area (Å²) in [5, 5.41) is 11.7. The van der Waals surface area contributed by atoms with Crippen LogP contribution in [0.1, 0.15) is 33.1 Å². The lowest BCUT2D eigenvalue weighted by atomic mass is 10.1. The number of anilines is 1. The molecule has 26 heavy (non-hydrogen) atoms. The maximum atomic E-state index is 12.7. The van der Waals surface area contributed by atoms with Gasteiger partial charge in [0.2, 0.25) is 15.9 Å². The number of carbonyl (C=O) groups is 1. The number of halogens is 1. The number of amides is 1. The number of hydrogen-bond donors (Lipinski definition) is 2. The largest absolute Gasteiger partial charge is 0.326 e. The Labute approximate surface area is 159 Å². The molecule has 1 amide bonds. The average Bonchev–Trinajstić information content (AvgIpc) is 3.03. The second kappa shape index (κ2) is 8.71. The number of likely N-dealkylation sites (tertiary alicyclic amines) is 1. The first-order chi connectivity index (χ1) is 12.3. The molecule has 1 saturated heterocycles. The standard InChI is InChI=1S/C17H23ClN4O3S/c1-3-4-12(2)17(23)20-13-5-6-15(18)16(9-13)26(24,25)21-14-7-8-22(10-14)11-19/h5-6,9,12,14,21H,3-4,7-8,10H2,1-2H3,(H,20,23). The van der Waals surface area contributed by atoms with Gasteiger partial charge in [0.25, 0.3) is 0 Å². The summed E-state index contributed by atoms with van der Waals surface area (Å²) in [5.74, 6) is -0.324. The Balaban J connectivity index is 2.15. The van der Waals surface area contributed by atoms with Gasteiger partial charge in [-0.2, -0.15) is 5.26 Å². The second-order valence-corrected chi connectivity index (χ2v) is 8.57. The summed E-state index contributed by atoms with van der Waals surface area (Å²) in [6.45, 7) is 4.68. The van der Waals surface area contributed by atoms with E-state index in [2.05, 4.69) is 10.0 Å². The van der Waals surface area contributed by atoms with Crippen LogP contribution >= 0.6 is 11.6 Å². The predicted molar refractivity (Wildman–Crippen MR) is 100 cm³/mol. The van der Waals surface area contributed by atoms with Gasteiger partial charge in [-0.05, 0) is 31.0 Å². The molecule has 0 aliphatic carbocycles. The molecule has 2 unspecified atom stereocenters. The Morgan fingerprint density at radius 3 is 2.85 bits per heavy atom. The highest BCUT2D eigenvalue weighted by atomic mass is 35.5. The molecule has 0 saturated carbocycles. The molecule has 0 spiro atoms. The molecule has 1 aliphatic rings. The van der Waals surface area contributed by atoms with Gasteiger partial charge in [-0.25, -0.2) is 13.1 Å². The number of sulfonamides is 1. The van der Waals surface area contributed by atoms with Crippen LogP contribution in [-0.4, -0.2) is 38.4 Å². The first kappa shape index (κ1) is 20.5. The van der Waals surface area contributed by atoms with Crippen molar-refractivity contribution in [2.24, 2.45) is 5.92 Å². The Morgan fingerprint density at radius 1 is 1.50 bits per heavy atom. The van der Waals surface area contributed by atoms with Crippen molar-refractivity contribution in [3.05, 3.63) is 23.2 Å². The Hall–Kier alpha value is -1.82. The number of nitrogens with one attached hydrogen (secondary N) is 2. The van der Waals surface area contributed by atoms with Crippen molar-refractivity contribution in [1.29, 1.82) is 5.26 Å². The Kier molecular flexibility index (Phi) is 6.87. The second-order valence-electron chi connectivity index (χ2n) is 6.48. The molecule has 2 rings (SSSR count). The first-order valence-corrected chi connectivity index (χ1v) is 10.4. The lowest BCUT2D eigenvalue weighted by Gasteiger charge is -2.16. The van der Waals surface area contributed by atoms with Crippen molar-refractivity contribution in [3.8, 4) is 6.19 Å². The maximum Gasteiger partial charge on any atom is 0.242 e. The highest BCUT2D eigenvalue weighted by molar-refractivity contribution is 7.89. The van der Waals surface area contributed by atoms with Crippen LogP contribution in [0.15, 0.2) is 23.1 Å². The molecular weight excluding hydrogens is 376 g/mol. The van der Waals surface area contributed by atoms with E-state index in [9.17, 15) is 13.2 Å². The lowest BCUT2D eigenvalue weighted by Crippen LogP contribution is -2.36. The van der Waals surface area contributed by atoms with Gasteiger partial charge in [0.15, 0.2) is 6.19 Å². The summed E-state index contributed by atoms with van der Waals surface area (Å²) >= 11 is 6.08. The van der Waals surface area contributed by atoms with Crippen LogP contribution in [0, 0.1) is 17.4 Å². The van der Waals surface area contributed by atoms with E-state index < -0.39 is 10.0 Å². The number of nitriles is 1. The third kappa shape index (κ3) is 5.10. The number of rotatable bonds is 7. The van der Waals surface area contributed by atoms with Crippen molar-refractivity contribution in [2.45, 2.75) is 44.0 Å². The van der Waals surface area contributed by atoms with Gasteiger partial charge < -0.3 is 10.2 Å². The maximum absolute atomic E-state index is 12.7. The molecule has 9 heteroatoms. The fraction of sp³-hybridized carbons (Fsp3) is 0.529. The van der Waals surface area contributed by atoms with E-state index in [1.165, 1.54) is 17.0 Å². The third-order valence-electron chi connectivity index (χ3n) is 4.31. The summed E-state index contributed by atoms with van der Waals surface area (Å²) in [6.07, 6.45) is 4.20. The van der Waals surface area contributed by atoms with Gasteiger partial charge in [0.1, 0.15) is 4.90 Å².